The third-order valence-electron chi connectivity index (χ3n) is 3.02. The number of rotatable bonds is 2. The van der Waals surface area contributed by atoms with Crippen molar-refractivity contribution in [2.24, 2.45) is 5.73 Å². The Hall–Kier alpha value is -0.810. The number of nitrogens with two attached hydrogens (primary N) is 1. The first-order chi connectivity index (χ1) is 7.68. The van der Waals surface area contributed by atoms with Gasteiger partial charge in [0.15, 0.2) is 0 Å². The van der Waals surface area contributed by atoms with E-state index in [4.69, 9.17) is 18.0 Å². The van der Waals surface area contributed by atoms with Crippen molar-refractivity contribution in [1.82, 2.24) is 4.98 Å². The molecule has 16 heavy (non-hydrogen) atoms. The molecule has 1 aliphatic rings. The van der Waals surface area contributed by atoms with E-state index in [1.165, 1.54) is 0 Å². The standard InChI is InChI=1S/C11H14N2OS2/c12-10(15)11(5-1-2-7-16(11)14)9-4-3-6-13-8-9/h3-4,6,8H,1-2,5,7H2,(H2,12,15)/t11-,16-/m1/s1. The van der Waals surface area contributed by atoms with Gasteiger partial charge in [-0.2, -0.15) is 0 Å². The molecule has 5 heteroatoms. The maximum absolute atomic E-state index is 12.3. The van der Waals surface area contributed by atoms with Gasteiger partial charge in [0.1, 0.15) is 4.75 Å². The summed E-state index contributed by atoms with van der Waals surface area (Å²) in [6.45, 7) is 0. The van der Waals surface area contributed by atoms with E-state index in [0.29, 0.717) is 10.7 Å². The second kappa shape index (κ2) is 4.59. The first-order valence-corrected chi connectivity index (χ1v) is 6.99. The van der Waals surface area contributed by atoms with Crippen LogP contribution < -0.4 is 5.73 Å². The molecule has 1 saturated heterocycles. The number of nitrogens with zero attached hydrogens (tertiary/aromatic N) is 1. The lowest BCUT2D eigenvalue weighted by Gasteiger charge is -2.35. The average molecular weight is 254 g/mol. The molecule has 1 aromatic rings. The molecule has 0 aliphatic carbocycles. The van der Waals surface area contributed by atoms with Gasteiger partial charge in [-0.1, -0.05) is 24.7 Å². The van der Waals surface area contributed by atoms with Crippen LogP contribution in [0.25, 0.3) is 0 Å². The molecule has 0 spiro atoms. The highest BCUT2D eigenvalue weighted by atomic mass is 32.2. The normalized spacial score (nSPS) is 29.9. The molecule has 2 N–H and O–H groups in total. The van der Waals surface area contributed by atoms with Gasteiger partial charge >= 0.3 is 0 Å². The minimum Gasteiger partial charge on any atom is -0.392 e. The summed E-state index contributed by atoms with van der Waals surface area (Å²) in [5.74, 6) is 0.673. The highest BCUT2D eigenvalue weighted by Gasteiger charge is 2.43. The van der Waals surface area contributed by atoms with Crippen LogP contribution in [0.1, 0.15) is 24.8 Å². The largest absolute Gasteiger partial charge is 0.392 e. The van der Waals surface area contributed by atoms with Gasteiger partial charge in [0.05, 0.1) is 4.99 Å². The summed E-state index contributed by atoms with van der Waals surface area (Å²) in [5, 5.41) is 0. The van der Waals surface area contributed by atoms with Crippen LogP contribution in [0.3, 0.4) is 0 Å². The van der Waals surface area contributed by atoms with Crippen LogP contribution in [0.15, 0.2) is 24.5 Å². The minimum absolute atomic E-state index is 0.332. The van der Waals surface area contributed by atoms with Gasteiger partial charge in [-0.15, -0.1) is 0 Å². The molecule has 0 aromatic carbocycles. The Balaban J connectivity index is 2.51. The zero-order valence-electron chi connectivity index (χ0n) is 8.89. The summed E-state index contributed by atoms with van der Waals surface area (Å²) in [5.41, 5.74) is 6.72. The van der Waals surface area contributed by atoms with E-state index in [9.17, 15) is 4.21 Å². The average Bonchev–Trinajstić information content (AvgIpc) is 2.30. The molecule has 0 bridgehead atoms. The van der Waals surface area contributed by atoms with Gasteiger partial charge in [-0.3, -0.25) is 9.19 Å². The van der Waals surface area contributed by atoms with E-state index in [2.05, 4.69) is 4.98 Å². The van der Waals surface area contributed by atoms with Crippen LogP contribution >= 0.6 is 12.2 Å². The molecule has 0 unspecified atom stereocenters. The first-order valence-electron chi connectivity index (χ1n) is 5.27. The summed E-state index contributed by atoms with van der Waals surface area (Å²) in [7, 11) is -1.02. The van der Waals surface area contributed by atoms with Crippen molar-refractivity contribution in [2.75, 3.05) is 5.75 Å². The molecule has 2 atom stereocenters. The third kappa shape index (κ3) is 1.78. The topological polar surface area (TPSA) is 56.0 Å². The van der Waals surface area contributed by atoms with Gasteiger partial charge in [-0.05, 0) is 24.5 Å². The van der Waals surface area contributed by atoms with Gasteiger partial charge < -0.3 is 5.73 Å². The number of pyridine rings is 1. The van der Waals surface area contributed by atoms with Crippen LogP contribution in [0.2, 0.25) is 0 Å². The number of thiocarbonyl (C=S) groups is 1. The van der Waals surface area contributed by atoms with Crippen molar-refractivity contribution in [1.29, 1.82) is 0 Å². The quantitative estimate of drug-likeness (QED) is 0.813. The maximum atomic E-state index is 12.3. The van der Waals surface area contributed by atoms with Crippen molar-refractivity contribution >= 4 is 28.0 Å². The molecule has 0 saturated carbocycles. The lowest BCUT2D eigenvalue weighted by Crippen LogP contribution is -2.46. The van der Waals surface area contributed by atoms with E-state index in [-0.39, 0.29) is 0 Å². The first kappa shape index (κ1) is 11.7. The van der Waals surface area contributed by atoms with E-state index in [0.717, 1.165) is 24.8 Å². The highest BCUT2D eigenvalue weighted by Crippen LogP contribution is 2.37. The molecule has 1 aromatic heterocycles. The molecular weight excluding hydrogens is 240 g/mol. The molecule has 2 heterocycles. The zero-order valence-corrected chi connectivity index (χ0v) is 10.5. The lowest BCUT2D eigenvalue weighted by molar-refractivity contribution is 0.577. The Bertz CT molecular complexity index is 421. The summed E-state index contributed by atoms with van der Waals surface area (Å²) >= 11 is 5.14. The SMILES string of the molecule is NC(=S)[C@]1(c2cccnc2)CCCC[S@]1=O. The molecular formula is C11H14N2OS2. The number of hydrogen-bond donors (Lipinski definition) is 1. The van der Waals surface area contributed by atoms with Crippen LogP contribution in [0.5, 0.6) is 0 Å². The fourth-order valence-corrected chi connectivity index (χ4v) is 4.44. The highest BCUT2D eigenvalue weighted by molar-refractivity contribution is 7.90. The van der Waals surface area contributed by atoms with E-state index < -0.39 is 15.5 Å². The Kier molecular flexibility index (Phi) is 3.35. The summed E-state index contributed by atoms with van der Waals surface area (Å²) in [4.78, 5) is 4.40. The van der Waals surface area contributed by atoms with Gasteiger partial charge in [0.2, 0.25) is 0 Å². The Morgan fingerprint density at radius 3 is 2.94 bits per heavy atom. The molecule has 0 amide bonds. The zero-order chi connectivity index (χ0) is 11.6. The van der Waals surface area contributed by atoms with Gasteiger partial charge in [-0.25, -0.2) is 0 Å². The van der Waals surface area contributed by atoms with Crippen molar-refractivity contribution < 1.29 is 4.21 Å². The predicted molar refractivity (Wildman–Crippen MR) is 69.6 cm³/mol. The lowest BCUT2D eigenvalue weighted by atomic mass is 9.93. The second-order valence-electron chi connectivity index (χ2n) is 3.94. The summed E-state index contributed by atoms with van der Waals surface area (Å²) < 4.78 is 11.6. The Morgan fingerprint density at radius 1 is 1.56 bits per heavy atom. The van der Waals surface area contributed by atoms with Gasteiger partial charge in [0, 0.05) is 28.9 Å². The van der Waals surface area contributed by atoms with E-state index >= 15 is 0 Å². The fourth-order valence-electron chi connectivity index (χ4n) is 2.15. The summed E-state index contributed by atoms with van der Waals surface area (Å²) in [6.07, 6.45) is 6.18. The van der Waals surface area contributed by atoms with Crippen molar-refractivity contribution in [3.8, 4) is 0 Å². The van der Waals surface area contributed by atoms with Crippen LogP contribution in [0, 0.1) is 0 Å². The van der Waals surface area contributed by atoms with Crippen molar-refractivity contribution in [3.63, 3.8) is 0 Å². The molecule has 3 nitrogen and oxygen atoms in total. The molecule has 2 rings (SSSR count). The van der Waals surface area contributed by atoms with Crippen molar-refractivity contribution in [2.45, 2.75) is 24.0 Å². The van der Waals surface area contributed by atoms with E-state index in [1.807, 2.05) is 12.1 Å². The van der Waals surface area contributed by atoms with Crippen LogP contribution in [0.4, 0.5) is 0 Å². The number of hydrogen-bond acceptors (Lipinski definition) is 3. The smallest absolute Gasteiger partial charge is 0.122 e. The fraction of sp³-hybridized carbons (Fsp3) is 0.455. The minimum atomic E-state index is -1.02. The van der Waals surface area contributed by atoms with Gasteiger partial charge in [0.25, 0.3) is 0 Å². The molecule has 1 fully saturated rings. The second-order valence-corrected chi connectivity index (χ2v) is 6.18. The summed E-state index contributed by atoms with van der Waals surface area (Å²) in [6, 6.07) is 3.75. The van der Waals surface area contributed by atoms with Crippen LogP contribution in [-0.4, -0.2) is 19.9 Å². The van der Waals surface area contributed by atoms with Crippen LogP contribution in [-0.2, 0) is 15.5 Å². The predicted octanol–water partition coefficient (Wildman–Crippen LogP) is 1.50. The monoisotopic (exact) mass is 254 g/mol. The van der Waals surface area contributed by atoms with Crippen molar-refractivity contribution in [3.05, 3.63) is 30.1 Å². The Morgan fingerprint density at radius 2 is 2.38 bits per heavy atom. The third-order valence-corrected chi connectivity index (χ3v) is 5.60. The molecule has 0 radical (unpaired) electrons. The Labute approximate surface area is 103 Å². The van der Waals surface area contributed by atoms with E-state index in [1.54, 1.807) is 12.4 Å². The molecule has 1 aliphatic heterocycles. The maximum Gasteiger partial charge on any atom is 0.122 e. The molecule has 86 valence electrons. The number of aromatic nitrogens is 1.